The molecule has 1 aromatic heterocycles. The highest BCUT2D eigenvalue weighted by atomic mass is 32.1. The molecule has 0 spiro atoms. The fraction of sp³-hybridized carbons (Fsp3) is 0.769. The van der Waals surface area contributed by atoms with Gasteiger partial charge in [-0.05, 0) is 31.1 Å². The molecule has 1 fully saturated rings. The van der Waals surface area contributed by atoms with Crippen molar-refractivity contribution >= 4 is 16.5 Å². The van der Waals surface area contributed by atoms with Crippen molar-refractivity contribution in [3.05, 3.63) is 10.6 Å². The molecule has 0 saturated heterocycles. The van der Waals surface area contributed by atoms with Crippen LogP contribution in [-0.2, 0) is 6.42 Å². The van der Waals surface area contributed by atoms with Gasteiger partial charge in [0, 0.05) is 10.9 Å². The van der Waals surface area contributed by atoms with Gasteiger partial charge >= 0.3 is 0 Å². The lowest BCUT2D eigenvalue weighted by Crippen LogP contribution is -2.01. The third kappa shape index (κ3) is 2.97. The smallest absolute Gasteiger partial charge is 0.183 e. The zero-order chi connectivity index (χ0) is 11.7. The fourth-order valence-corrected chi connectivity index (χ4v) is 2.88. The molecule has 0 aliphatic heterocycles. The maximum Gasteiger partial charge on any atom is 0.183 e. The number of hydrogen-bond donors (Lipinski definition) is 1. The highest BCUT2D eigenvalue weighted by Gasteiger charge is 2.23. The summed E-state index contributed by atoms with van der Waals surface area (Å²) >= 11 is 1.86. The molecule has 1 aromatic rings. The molecular weight excluding hydrogens is 216 g/mol. The number of hydrogen-bond acceptors (Lipinski definition) is 3. The van der Waals surface area contributed by atoms with E-state index in [2.05, 4.69) is 33.0 Å². The summed E-state index contributed by atoms with van der Waals surface area (Å²) in [5, 5.41) is 4.65. The summed E-state index contributed by atoms with van der Waals surface area (Å²) in [6.07, 6.45) is 3.74. The van der Waals surface area contributed by atoms with E-state index in [0.717, 1.165) is 11.6 Å². The van der Waals surface area contributed by atoms with E-state index < -0.39 is 0 Å². The second-order valence-corrected chi connectivity index (χ2v) is 6.53. The third-order valence-electron chi connectivity index (χ3n) is 2.76. The van der Waals surface area contributed by atoms with Crippen molar-refractivity contribution in [3.8, 4) is 0 Å². The van der Waals surface area contributed by atoms with Crippen molar-refractivity contribution in [2.45, 2.75) is 58.9 Å². The normalized spacial score (nSPS) is 16.1. The maximum atomic E-state index is 4.76. The monoisotopic (exact) mass is 238 g/mol. The van der Waals surface area contributed by atoms with E-state index in [-0.39, 0.29) is 0 Å². The lowest BCUT2D eigenvalue weighted by molar-refractivity contribution is 0.630. The molecule has 0 unspecified atom stereocenters. The lowest BCUT2D eigenvalue weighted by Gasteiger charge is -2.06. The van der Waals surface area contributed by atoms with Crippen LogP contribution in [-0.4, -0.2) is 11.0 Å². The summed E-state index contributed by atoms with van der Waals surface area (Å²) in [5.74, 6) is 1.29. The molecule has 0 aromatic carbocycles. The van der Waals surface area contributed by atoms with Crippen molar-refractivity contribution in [3.63, 3.8) is 0 Å². The van der Waals surface area contributed by atoms with E-state index in [4.69, 9.17) is 4.98 Å². The Bertz CT molecular complexity index is 351. The molecule has 0 radical (unpaired) electrons. The van der Waals surface area contributed by atoms with Crippen molar-refractivity contribution in [2.75, 3.05) is 5.32 Å². The summed E-state index contributed by atoms with van der Waals surface area (Å²) in [6.45, 7) is 9.05. The largest absolute Gasteiger partial charge is 0.359 e. The van der Waals surface area contributed by atoms with Crippen LogP contribution in [0.2, 0.25) is 0 Å². The van der Waals surface area contributed by atoms with Crippen LogP contribution in [0.1, 0.15) is 57.0 Å². The molecule has 0 amide bonds. The van der Waals surface area contributed by atoms with Gasteiger partial charge < -0.3 is 5.32 Å². The van der Waals surface area contributed by atoms with E-state index in [0.29, 0.717) is 17.9 Å². The van der Waals surface area contributed by atoms with Crippen LogP contribution in [0, 0.1) is 5.92 Å². The van der Waals surface area contributed by atoms with Crippen LogP contribution in [0.5, 0.6) is 0 Å². The van der Waals surface area contributed by atoms with Crippen LogP contribution in [0.3, 0.4) is 0 Å². The van der Waals surface area contributed by atoms with Crippen LogP contribution >= 0.6 is 11.3 Å². The Hall–Kier alpha value is -0.570. The quantitative estimate of drug-likeness (QED) is 0.837. The first-order chi connectivity index (χ1) is 7.56. The van der Waals surface area contributed by atoms with E-state index in [9.17, 15) is 0 Å². The second-order valence-electron chi connectivity index (χ2n) is 5.50. The van der Waals surface area contributed by atoms with Gasteiger partial charge in [0.1, 0.15) is 0 Å². The van der Waals surface area contributed by atoms with Crippen molar-refractivity contribution in [2.24, 2.45) is 5.92 Å². The number of thiazole rings is 1. The molecule has 1 N–H and O–H groups in total. The number of nitrogens with one attached hydrogen (secondary N) is 1. The van der Waals surface area contributed by atoms with Gasteiger partial charge in [0.2, 0.25) is 0 Å². The molecule has 1 aliphatic rings. The molecule has 90 valence electrons. The van der Waals surface area contributed by atoms with Crippen LogP contribution in [0.15, 0.2) is 0 Å². The molecule has 1 heterocycles. The minimum Gasteiger partial charge on any atom is -0.359 e. The Kier molecular flexibility index (Phi) is 3.53. The standard InChI is InChI=1S/C13H22N2S/c1-8(2)7-11-12(9(3)4)16-13(15-11)14-10-5-6-10/h8-10H,5-7H2,1-4H3,(H,14,15). The molecule has 16 heavy (non-hydrogen) atoms. The topological polar surface area (TPSA) is 24.9 Å². The molecular formula is C13H22N2S. The van der Waals surface area contributed by atoms with Crippen LogP contribution in [0.4, 0.5) is 5.13 Å². The molecule has 1 aliphatic carbocycles. The van der Waals surface area contributed by atoms with Gasteiger partial charge in [-0.3, -0.25) is 0 Å². The van der Waals surface area contributed by atoms with Crippen LogP contribution < -0.4 is 5.32 Å². The summed E-state index contributed by atoms with van der Waals surface area (Å²) < 4.78 is 0. The second kappa shape index (κ2) is 4.74. The maximum absolute atomic E-state index is 4.76. The lowest BCUT2D eigenvalue weighted by atomic mass is 10.0. The first-order valence-corrected chi connectivity index (χ1v) is 7.14. The van der Waals surface area contributed by atoms with Gasteiger partial charge in [0.05, 0.1) is 5.69 Å². The van der Waals surface area contributed by atoms with Crippen molar-refractivity contribution in [1.29, 1.82) is 0 Å². The van der Waals surface area contributed by atoms with Crippen molar-refractivity contribution < 1.29 is 0 Å². The Balaban J connectivity index is 2.14. The Morgan fingerprint density at radius 1 is 1.31 bits per heavy atom. The summed E-state index contributed by atoms with van der Waals surface area (Å²) in [6, 6.07) is 0.707. The van der Waals surface area contributed by atoms with E-state index >= 15 is 0 Å². The summed E-state index contributed by atoms with van der Waals surface area (Å²) in [7, 11) is 0. The zero-order valence-electron chi connectivity index (χ0n) is 10.7. The highest BCUT2D eigenvalue weighted by Crippen LogP contribution is 2.34. The Labute approximate surface area is 102 Å². The van der Waals surface area contributed by atoms with Gasteiger partial charge in [0.15, 0.2) is 5.13 Å². The molecule has 1 saturated carbocycles. The first kappa shape index (κ1) is 11.9. The van der Waals surface area contributed by atoms with Gasteiger partial charge in [-0.25, -0.2) is 4.98 Å². The SMILES string of the molecule is CC(C)Cc1nc(NC2CC2)sc1C(C)C. The number of aromatic nitrogens is 1. The predicted molar refractivity (Wildman–Crippen MR) is 71.4 cm³/mol. The zero-order valence-corrected chi connectivity index (χ0v) is 11.5. The van der Waals surface area contributed by atoms with Gasteiger partial charge in [0.25, 0.3) is 0 Å². The average Bonchev–Trinajstić information content (AvgIpc) is 2.87. The minimum absolute atomic E-state index is 0.598. The summed E-state index contributed by atoms with van der Waals surface area (Å²) in [4.78, 5) is 6.23. The minimum atomic E-state index is 0.598. The molecule has 3 heteroatoms. The van der Waals surface area contributed by atoms with E-state index in [1.54, 1.807) is 0 Å². The van der Waals surface area contributed by atoms with Crippen molar-refractivity contribution in [1.82, 2.24) is 4.98 Å². The van der Waals surface area contributed by atoms with E-state index in [1.807, 2.05) is 11.3 Å². The number of rotatable bonds is 5. The molecule has 0 atom stereocenters. The van der Waals surface area contributed by atoms with E-state index in [1.165, 1.54) is 23.4 Å². The average molecular weight is 238 g/mol. The Morgan fingerprint density at radius 2 is 2.00 bits per heavy atom. The fourth-order valence-electron chi connectivity index (χ4n) is 1.81. The Morgan fingerprint density at radius 3 is 2.50 bits per heavy atom. The van der Waals surface area contributed by atoms with Crippen LogP contribution in [0.25, 0.3) is 0 Å². The van der Waals surface area contributed by atoms with Gasteiger partial charge in [-0.2, -0.15) is 0 Å². The van der Waals surface area contributed by atoms with Gasteiger partial charge in [-0.1, -0.05) is 27.7 Å². The highest BCUT2D eigenvalue weighted by molar-refractivity contribution is 7.15. The summed E-state index contributed by atoms with van der Waals surface area (Å²) in [5.41, 5.74) is 1.32. The number of nitrogens with zero attached hydrogens (tertiary/aromatic N) is 1. The molecule has 2 rings (SSSR count). The molecule has 2 nitrogen and oxygen atoms in total. The number of anilines is 1. The molecule has 0 bridgehead atoms. The first-order valence-electron chi connectivity index (χ1n) is 6.32. The third-order valence-corrected chi connectivity index (χ3v) is 4.09. The van der Waals surface area contributed by atoms with Gasteiger partial charge in [-0.15, -0.1) is 11.3 Å². The predicted octanol–water partition coefficient (Wildman–Crippen LogP) is 4.04.